The summed E-state index contributed by atoms with van der Waals surface area (Å²) in [7, 11) is 0. The summed E-state index contributed by atoms with van der Waals surface area (Å²) in [6.07, 6.45) is 2.49. The van der Waals surface area contributed by atoms with Gasteiger partial charge < -0.3 is 14.8 Å². The van der Waals surface area contributed by atoms with E-state index < -0.39 is 5.97 Å². The summed E-state index contributed by atoms with van der Waals surface area (Å²) in [4.78, 5) is 25.3. The normalized spacial score (nSPS) is 15.6. The van der Waals surface area contributed by atoms with Gasteiger partial charge in [-0.2, -0.15) is 0 Å². The first-order chi connectivity index (χ1) is 11.6. The van der Waals surface area contributed by atoms with Crippen LogP contribution in [0.4, 0.5) is 0 Å². The summed E-state index contributed by atoms with van der Waals surface area (Å²) in [6.45, 7) is 4.41. The van der Waals surface area contributed by atoms with E-state index in [4.69, 9.17) is 21.7 Å². The smallest absolute Gasteiger partial charge is 0.344 e. The molecule has 0 bridgehead atoms. The number of carbonyl (C=O) groups is 2. The first-order valence-corrected chi connectivity index (χ1v) is 8.19. The number of benzene rings is 1. The maximum absolute atomic E-state index is 12.4. The molecule has 1 heterocycles. The van der Waals surface area contributed by atoms with Crippen LogP contribution in [0.1, 0.15) is 25.8 Å². The highest BCUT2D eigenvalue weighted by molar-refractivity contribution is 7.80. The first kappa shape index (κ1) is 17.9. The molecule has 7 heteroatoms. The first-order valence-electron chi connectivity index (χ1n) is 7.78. The molecule has 1 fully saturated rings. The van der Waals surface area contributed by atoms with Crippen LogP contribution < -0.4 is 10.1 Å². The number of nitrogens with one attached hydrogen (secondary N) is 1. The number of ether oxygens (including phenoxy) is 2. The molecule has 2 rings (SSSR count). The van der Waals surface area contributed by atoms with Gasteiger partial charge in [0.15, 0.2) is 11.7 Å². The maximum atomic E-state index is 12.4. The van der Waals surface area contributed by atoms with E-state index in [1.807, 2.05) is 13.0 Å². The molecule has 1 aromatic carbocycles. The molecule has 1 aliphatic rings. The molecular formula is C17H20N2O4S. The van der Waals surface area contributed by atoms with Gasteiger partial charge in [0.05, 0.1) is 6.61 Å². The zero-order chi connectivity index (χ0) is 17.5. The van der Waals surface area contributed by atoms with E-state index in [0.717, 1.165) is 6.42 Å². The molecule has 24 heavy (non-hydrogen) atoms. The van der Waals surface area contributed by atoms with Gasteiger partial charge in [-0.25, -0.2) is 4.79 Å². The van der Waals surface area contributed by atoms with E-state index in [0.29, 0.717) is 35.3 Å². The van der Waals surface area contributed by atoms with Crippen molar-refractivity contribution in [1.29, 1.82) is 0 Å². The van der Waals surface area contributed by atoms with E-state index >= 15 is 0 Å². The number of thiocarbonyl (C=S) groups is 1. The molecule has 128 valence electrons. The van der Waals surface area contributed by atoms with E-state index in [9.17, 15) is 9.59 Å². The number of amides is 1. The number of nitrogens with zero attached hydrogens (tertiary/aromatic N) is 1. The molecule has 1 aromatic rings. The Labute approximate surface area is 146 Å². The predicted molar refractivity (Wildman–Crippen MR) is 94.3 cm³/mol. The van der Waals surface area contributed by atoms with Crippen molar-refractivity contribution >= 4 is 35.3 Å². The minimum Gasteiger partial charge on any atom is -0.481 e. The second kappa shape index (κ2) is 8.44. The Morgan fingerprint density at radius 1 is 1.33 bits per heavy atom. The van der Waals surface area contributed by atoms with Crippen LogP contribution in [-0.4, -0.2) is 41.6 Å². The molecule has 1 saturated heterocycles. The minimum absolute atomic E-state index is 0.165. The molecular weight excluding hydrogens is 328 g/mol. The van der Waals surface area contributed by atoms with Crippen molar-refractivity contribution in [3.8, 4) is 5.75 Å². The molecule has 1 amide bonds. The van der Waals surface area contributed by atoms with Crippen molar-refractivity contribution in [2.45, 2.75) is 20.3 Å². The number of esters is 1. The topological polar surface area (TPSA) is 67.9 Å². The lowest BCUT2D eigenvalue weighted by Gasteiger charge is -2.11. The second-order valence-corrected chi connectivity index (χ2v) is 5.46. The van der Waals surface area contributed by atoms with Crippen LogP contribution in [0.2, 0.25) is 0 Å². The SMILES string of the molecule is CCCN1C(=O)C(=Cc2ccccc2OCC(=O)OCC)NC1=S. The van der Waals surface area contributed by atoms with Crippen LogP contribution in [0.3, 0.4) is 0 Å². The number of rotatable bonds is 7. The quantitative estimate of drug-likeness (QED) is 0.462. The average molecular weight is 348 g/mol. The molecule has 0 atom stereocenters. The largest absolute Gasteiger partial charge is 0.481 e. The Bertz CT molecular complexity index is 672. The summed E-state index contributed by atoms with van der Waals surface area (Å²) >= 11 is 5.18. The Kier molecular flexibility index (Phi) is 6.31. The van der Waals surface area contributed by atoms with Crippen LogP contribution >= 0.6 is 12.2 Å². The zero-order valence-electron chi connectivity index (χ0n) is 13.7. The van der Waals surface area contributed by atoms with Gasteiger partial charge in [-0.1, -0.05) is 25.1 Å². The lowest BCUT2D eigenvalue weighted by atomic mass is 10.1. The molecule has 0 unspecified atom stereocenters. The predicted octanol–water partition coefficient (Wildman–Crippen LogP) is 2.10. The van der Waals surface area contributed by atoms with Crippen molar-refractivity contribution in [1.82, 2.24) is 10.2 Å². The third-order valence-corrected chi connectivity index (χ3v) is 3.60. The molecule has 0 aliphatic carbocycles. The number of carbonyl (C=O) groups excluding carboxylic acids is 2. The Hall–Kier alpha value is -2.41. The van der Waals surface area contributed by atoms with Gasteiger partial charge in [0.2, 0.25) is 0 Å². The molecule has 1 N–H and O–H groups in total. The van der Waals surface area contributed by atoms with Crippen LogP contribution in [0.15, 0.2) is 30.0 Å². The highest BCUT2D eigenvalue weighted by Crippen LogP contribution is 2.22. The fourth-order valence-corrected chi connectivity index (χ4v) is 2.51. The molecule has 6 nitrogen and oxygen atoms in total. The lowest BCUT2D eigenvalue weighted by Crippen LogP contribution is -2.31. The number of para-hydroxylation sites is 1. The van der Waals surface area contributed by atoms with Crippen molar-refractivity contribution in [2.75, 3.05) is 19.8 Å². The van der Waals surface area contributed by atoms with Gasteiger partial charge in [-0.05, 0) is 37.7 Å². The van der Waals surface area contributed by atoms with Gasteiger partial charge in [0.25, 0.3) is 5.91 Å². The lowest BCUT2D eigenvalue weighted by molar-refractivity contribution is -0.145. The minimum atomic E-state index is -0.440. The molecule has 0 saturated carbocycles. The van der Waals surface area contributed by atoms with Gasteiger partial charge in [-0.3, -0.25) is 9.69 Å². The van der Waals surface area contributed by atoms with E-state index in [1.54, 1.807) is 31.2 Å². The second-order valence-electron chi connectivity index (χ2n) is 5.08. The fraction of sp³-hybridized carbons (Fsp3) is 0.353. The summed E-state index contributed by atoms with van der Waals surface area (Å²) in [6, 6.07) is 7.15. The van der Waals surface area contributed by atoms with Crippen molar-refractivity contribution in [3.63, 3.8) is 0 Å². The van der Waals surface area contributed by atoms with Crippen LogP contribution in [0, 0.1) is 0 Å². The van der Waals surface area contributed by atoms with Crippen molar-refractivity contribution in [3.05, 3.63) is 35.5 Å². The highest BCUT2D eigenvalue weighted by Gasteiger charge is 2.29. The van der Waals surface area contributed by atoms with Crippen LogP contribution in [0.25, 0.3) is 6.08 Å². The van der Waals surface area contributed by atoms with Gasteiger partial charge in [0, 0.05) is 12.1 Å². The molecule has 0 aromatic heterocycles. The van der Waals surface area contributed by atoms with Gasteiger partial charge >= 0.3 is 5.97 Å². The van der Waals surface area contributed by atoms with Crippen LogP contribution in [0.5, 0.6) is 5.75 Å². The van der Waals surface area contributed by atoms with Crippen molar-refractivity contribution < 1.29 is 19.1 Å². The fourth-order valence-electron chi connectivity index (χ4n) is 2.22. The highest BCUT2D eigenvalue weighted by atomic mass is 32.1. The zero-order valence-corrected chi connectivity index (χ0v) is 14.5. The van der Waals surface area contributed by atoms with Crippen LogP contribution in [-0.2, 0) is 14.3 Å². The monoisotopic (exact) mass is 348 g/mol. The van der Waals surface area contributed by atoms with E-state index in [1.165, 1.54) is 4.90 Å². The van der Waals surface area contributed by atoms with E-state index in [2.05, 4.69) is 5.32 Å². The Balaban J connectivity index is 2.16. The molecule has 0 radical (unpaired) electrons. The third kappa shape index (κ3) is 4.32. The molecule has 0 spiro atoms. The summed E-state index contributed by atoms with van der Waals surface area (Å²) in [5.41, 5.74) is 1.07. The third-order valence-electron chi connectivity index (χ3n) is 3.28. The summed E-state index contributed by atoms with van der Waals surface area (Å²) < 4.78 is 10.3. The number of hydrogen-bond donors (Lipinski definition) is 1. The Morgan fingerprint density at radius 2 is 2.08 bits per heavy atom. The van der Waals surface area contributed by atoms with E-state index in [-0.39, 0.29) is 12.5 Å². The maximum Gasteiger partial charge on any atom is 0.344 e. The van der Waals surface area contributed by atoms with Gasteiger partial charge in [0.1, 0.15) is 11.4 Å². The summed E-state index contributed by atoms with van der Waals surface area (Å²) in [5, 5.41) is 3.32. The van der Waals surface area contributed by atoms with Crippen molar-refractivity contribution in [2.24, 2.45) is 0 Å². The summed E-state index contributed by atoms with van der Waals surface area (Å²) in [5.74, 6) is -0.111. The standard InChI is InChI=1S/C17H20N2O4S/c1-3-9-19-16(21)13(18-17(19)24)10-12-7-5-6-8-14(12)23-11-15(20)22-4-2/h5-8,10H,3-4,9,11H2,1-2H3,(H,18,24). The van der Waals surface area contributed by atoms with Gasteiger partial charge in [-0.15, -0.1) is 0 Å². The molecule has 1 aliphatic heterocycles. The average Bonchev–Trinajstić information content (AvgIpc) is 2.82. The number of hydrogen-bond acceptors (Lipinski definition) is 5. The Morgan fingerprint density at radius 3 is 2.79 bits per heavy atom.